The van der Waals surface area contributed by atoms with E-state index in [0.29, 0.717) is 6.61 Å². The highest BCUT2D eigenvalue weighted by Crippen LogP contribution is 2.44. The molecule has 1 unspecified atom stereocenters. The second-order valence-corrected chi connectivity index (χ2v) is 10.2. The van der Waals surface area contributed by atoms with Crippen LogP contribution in [0.25, 0.3) is 11.1 Å². The molecular weight excluding hydrogens is 474 g/mol. The van der Waals surface area contributed by atoms with Gasteiger partial charge >= 0.3 is 0 Å². The van der Waals surface area contributed by atoms with Gasteiger partial charge in [-0.3, -0.25) is 0 Å². The van der Waals surface area contributed by atoms with Crippen molar-refractivity contribution in [3.63, 3.8) is 0 Å². The van der Waals surface area contributed by atoms with Gasteiger partial charge in [0.25, 0.3) is 0 Å². The van der Waals surface area contributed by atoms with E-state index in [4.69, 9.17) is 14.2 Å². The fourth-order valence-corrected chi connectivity index (χ4v) is 5.70. The Morgan fingerprint density at radius 2 is 1.47 bits per heavy atom. The van der Waals surface area contributed by atoms with Gasteiger partial charge in [0.05, 0.1) is 20.8 Å². The monoisotopic (exact) mass is 513 g/mol. The summed E-state index contributed by atoms with van der Waals surface area (Å²) < 4.78 is 16.9. The normalized spacial score (nSPS) is 16.6. The molecule has 5 heteroatoms. The van der Waals surface area contributed by atoms with Crippen LogP contribution in [0.15, 0.2) is 66.7 Å². The number of ether oxygens (including phenoxy) is 3. The number of methoxy groups -OCH3 is 2. The number of aliphatic hydroxyl groups is 1. The second kappa shape index (κ2) is 12.5. The average molecular weight is 514 g/mol. The van der Waals surface area contributed by atoms with Crippen LogP contribution in [0.5, 0.6) is 17.2 Å². The summed E-state index contributed by atoms with van der Waals surface area (Å²) in [6, 6.07) is 22.2. The molecule has 0 radical (unpaired) electrons. The van der Waals surface area contributed by atoms with E-state index >= 15 is 0 Å². The number of allylic oxidation sites excluding steroid dienone is 1. The Kier molecular flexibility index (Phi) is 8.67. The molecule has 0 amide bonds. The van der Waals surface area contributed by atoms with E-state index in [0.717, 1.165) is 70.9 Å². The van der Waals surface area contributed by atoms with Crippen molar-refractivity contribution >= 4 is 11.1 Å². The summed E-state index contributed by atoms with van der Waals surface area (Å²) in [5.41, 5.74) is 6.35. The van der Waals surface area contributed by atoms with Crippen LogP contribution >= 0.6 is 0 Å². The Morgan fingerprint density at radius 3 is 2.18 bits per heavy atom. The summed E-state index contributed by atoms with van der Waals surface area (Å²) >= 11 is 0. The van der Waals surface area contributed by atoms with Gasteiger partial charge < -0.3 is 24.2 Å². The number of likely N-dealkylation sites (tertiary alicyclic amines) is 1. The Labute approximate surface area is 226 Å². The fourth-order valence-electron chi connectivity index (χ4n) is 5.70. The SMILES string of the molecule is COc1ccc(C2=C(C(O)c3ccc(OCCCN4CCCCC4)cc3)c3ccc(OC)cc3CC2)cc1. The zero-order valence-electron chi connectivity index (χ0n) is 22.6. The lowest BCUT2D eigenvalue weighted by Crippen LogP contribution is -2.31. The number of hydrogen-bond acceptors (Lipinski definition) is 5. The van der Waals surface area contributed by atoms with Crippen molar-refractivity contribution in [1.82, 2.24) is 4.90 Å². The van der Waals surface area contributed by atoms with E-state index in [-0.39, 0.29) is 0 Å². The zero-order chi connectivity index (χ0) is 26.3. The molecule has 0 aromatic heterocycles. The van der Waals surface area contributed by atoms with E-state index < -0.39 is 6.10 Å². The highest BCUT2D eigenvalue weighted by Gasteiger charge is 2.27. The van der Waals surface area contributed by atoms with Crippen LogP contribution in [-0.2, 0) is 6.42 Å². The molecule has 0 spiro atoms. The topological polar surface area (TPSA) is 51.2 Å². The van der Waals surface area contributed by atoms with Crippen LogP contribution in [-0.4, -0.2) is 50.5 Å². The second-order valence-electron chi connectivity index (χ2n) is 10.2. The molecule has 1 atom stereocenters. The number of nitrogens with zero attached hydrogens (tertiary/aromatic N) is 1. The van der Waals surface area contributed by atoms with Gasteiger partial charge in [-0.2, -0.15) is 0 Å². The highest BCUT2D eigenvalue weighted by atomic mass is 16.5. The van der Waals surface area contributed by atoms with Crippen molar-refractivity contribution in [3.05, 3.63) is 89.0 Å². The van der Waals surface area contributed by atoms with Gasteiger partial charge in [-0.25, -0.2) is 0 Å². The molecule has 1 aliphatic carbocycles. The zero-order valence-corrected chi connectivity index (χ0v) is 22.6. The maximum Gasteiger partial charge on any atom is 0.119 e. The summed E-state index contributed by atoms with van der Waals surface area (Å²) in [4.78, 5) is 2.54. The van der Waals surface area contributed by atoms with Crippen molar-refractivity contribution in [2.45, 2.75) is 44.6 Å². The number of fused-ring (bicyclic) bond motifs is 1. The van der Waals surface area contributed by atoms with Crippen molar-refractivity contribution < 1.29 is 19.3 Å². The maximum absolute atomic E-state index is 11.7. The molecule has 1 saturated heterocycles. The molecule has 2 aliphatic rings. The standard InChI is InChI=1S/C33H39NO4/c1-36-27-12-7-24(8-13-27)30-17-11-26-23-29(37-2)16-18-31(26)32(30)33(35)25-9-14-28(15-10-25)38-22-6-21-34-19-4-3-5-20-34/h7-10,12-16,18,23,33,35H,3-6,11,17,19-22H2,1-2H3. The molecule has 38 heavy (non-hydrogen) atoms. The first-order valence-corrected chi connectivity index (χ1v) is 13.8. The van der Waals surface area contributed by atoms with Crippen molar-refractivity contribution in [2.24, 2.45) is 0 Å². The molecule has 5 nitrogen and oxygen atoms in total. The molecule has 1 N–H and O–H groups in total. The number of aliphatic hydroxyl groups excluding tert-OH is 1. The third-order valence-electron chi connectivity index (χ3n) is 7.82. The van der Waals surface area contributed by atoms with E-state index in [1.807, 2.05) is 42.5 Å². The van der Waals surface area contributed by atoms with Crippen molar-refractivity contribution in [1.29, 1.82) is 0 Å². The van der Waals surface area contributed by atoms with Gasteiger partial charge in [-0.1, -0.05) is 36.8 Å². The minimum atomic E-state index is -0.757. The number of aryl methyl sites for hydroxylation is 1. The third kappa shape index (κ3) is 6.06. The van der Waals surface area contributed by atoms with Crippen LogP contribution in [0, 0.1) is 0 Å². The fraction of sp³-hybridized carbons (Fsp3) is 0.394. The Balaban J connectivity index is 1.35. The van der Waals surface area contributed by atoms with Crippen LogP contribution in [0.2, 0.25) is 0 Å². The molecule has 200 valence electrons. The lowest BCUT2D eigenvalue weighted by Gasteiger charge is -2.28. The molecule has 0 saturated carbocycles. The number of benzene rings is 3. The first-order chi connectivity index (χ1) is 18.7. The van der Waals surface area contributed by atoms with Crippen LogP contribution < -0.4 is 14.2 Å². The number of piperidine rings is 1. The Morgan fingerprint density at radius 1 is 0.789 bits per heavy atom. The summed E-state index contributed by atoms with van der Waals surface area (Å²) in [6.45, 7) is 4.25. The smallest absolute Gasteiger partial charge is 0.119 e. The first kappa shape index (κ1) is 26.3. The lowest BCUT2D eigenvalue weighted by molar-refractivity contribution is 0.205. The van der Waals surface area contributed by atoms with Gasteiger partial charge in [0.1, 0.15) is 23.4 Å². The molecular formula is C33H39NO4. The van der Waals surface area contributed by atoms with Gasteiger partial charge in [0.2, 0.25) is 0 Å². The van der Waals surface area contributed by atoms with Gasteiger partial charge in [0.15, 0.2) is 0 Å². The van der Waals surface area contributed by atoms with Crippen LogP contribution in [0.1, 0.15) is 60.5 Å². The Bertz CT molecular complexity index is 1230. The largest absolute Gasteiger partial charge is 0.497 e. The summed E-state index contributed by atoms with van der Waals surface area (Å²) in [5, 5.41) is 11.7. The molecule has 5 rings (SSSR count). The lowest BCUT2D eigenvalue weighted by atomic mass is 9.79. The highest BCUT2D eigenvalue weighted by molar-refractivity contribution is 5.95. The molecule has 1 fully saturated rings. The first-order valence-electron chi connectivity index (χ1n) is 13.8. The van der Waals surface area contributed by atoms with Gasteiger partial charge in [-0.05, 0) is 115 Å². The van der Waals surface area contributed by atoms with Crippen LogP contribution in [0.4, 0.5) is 0 Å². The minimum Gasteiger partial charge on any atom is -0.497 e. The predicted octanol–water partition coefficient (Wildman–Crippen LogP) is 6.55. The van der Waals surface area contributed by atoms with Crippen LogP contribution in [0.3, 0.4) is 0 Å². The summed E-state index contributed by atoms with van der Waals surface area (Å²) in [5.74, 6) is 2.51. The predicted molar refractivity (Wildman–Crippen MR) is 153 cm³/mol. The quantitative estimate of drug-likeness (QED) is 0.312. The van der Waals surface area contributed by atoms with Crippen molar-refractivity contribution in [2.75, 3.05) is 40.5 Å². The molecule has 3 aromatic carbocycles. The minimum absolute atomic E-state index is 0.709. The maximum atomic E-state index is 11.7. The van der Waals surface area contributed by atoms with E-state index in [1.54, 1.807) is 14.2 Å². The van der Waals surface area contributed by atoms with E-state index in [1.165, 1.54) is 37.9 Å². The van der Waals surface area contributed by atoms with E-state index in [2.05, 4.69) is 29.2 Å². The summed E-state index contributed by atoms with van der Waals surface area (Å²) in [7, 11) is 3.37. The summed E-state index contributed by atoms with van der Waals surface area (Å²) in [6.07, 6.45) is 6.02. The van der Waals surface area contributed by atoms with Gasteiger partial charge in [-0.15, -0.1) is 0 Å². The molecule has 1 aliphatic heterocycles. The van der Waals surface area contributed by atoms with Gasteiger partial charge in [0, 0.05) is 6.54 Å². The average Bonchev–Trinajstić information content (AvgIpc) is 2.99. The molecule has 0 bridgehead atoms. The number of hydrogen-bond donors (Lipinski definition) is 1. The third-order valence-corrected chi connectivity index (χ3v) is 7.82. The number of rotatable bonds is 10. The molecule has 1 heterocycles. The Hall–Kier alpha value is -3.28. The van der Waals surface area contributed by atoms with Crippen molar-refractivity contribution in [3.8, 4) is 17.2 Å². The molecule has 3 aromatic rings. The van der Waals surface area contributed by atoms with E-state index in [9.17, 15) is 5.11 Å².